The molecule has 5 rings (SSSR count). The number of amides is 1. The highest BCUT2D eigenvalue weighted by molar-refractivity contribution is 5.86. The fraction of sp³-hybridized carbons (Fsp3) is 0.522. The highest BCUT2D eigenvalue weighted by Crippen LogP contribution is 2.35. The van der Waals surface area contributed by atoms with E-state index in [9.17, 15) is 9.59 Å². The van der Waals surface area contributed by atoms with Crippen molar-refractivity contribution in [3.05, 3.63) is 47.3 Å². The zero-order valence-electron chi connectivity index (χ0n) is 18.3. The Morgan fingerprint density at radius 2 is 1.81 bits per heavy atom. The van der Waals surface area contributed by atoms with E-state index in [4.69, 9.17) is 9.84 Å². The summed E-state index contributed by atoms with van der Waals surface area (Å²) >= 11 is 0. The van der Waals surface area contributed by atoms with Gasteiger partial charge in [-0.25, -0.2) is 9.59 Å². The van der Waals surface area contributed by atoms with Crippen molar-refractivity contribution in [1.29, 1.82) is 0 Å². The molecular weight excluding hydrogens is 410 g/mol. The summed E-state index contributed by atoms with van der Waals surface area (Å²) in [5.41, 5.74) is 3.80. The summed E-state index contributed by atoms with van der Waals surface area (Å²) in [5.74, 6) is 0.146. The van der Waals surface area contributed by atoms with Crippen LogP contribution in [0.3, 0.4) is 0 Å². The lowest BCUT2D eigenvalue weighted by molar-refractivity contribution is 0.0689. The topological polar surface area (TPSA) is 91.1 Å². The van der Waals surface area contributed by atoms with Gasteiger partial charge in [-0.3, -0.25) is 4.90 Å². The molecule has 0 aliphatic carbocycles. The van der Waals surface area contributed by atoms with Crippen molar-refractivity contribution in [1.82, 2.24) is 19.6 Å². The molecule has 1 N–H and O–H groups in total. The first kappa shape index (κ1) is 21.0. The molecule has 32 heavy (non-hydrogen) atoms. The molecule has 170 valence electrons. The number of aryl methyl sites for hydroxylation is 1. The minimum atomic E-state index is -1.13. The van der Waals surface area contributed by atoms with Crippen LogP contribution in [0.1, 0.15) is 21.6 Å². The van der Waals surface area contributed by atoms with Gasteiger partial charge in [0, 0.05) is 69.5 Å². The average molecular weight is 440 g/mol. The third-order valence-corrected chi connectivity index (χ3v) is 6.86. The number of carbonyl (C=O) groups excluding carboxylic acids is 1. The number of carboxylic acid groups (broad SMARTS) is 1. The number of ether oxygens (including phenoxy) is 1. The Bertz CT molecular complexity index is 1000. The summed E-state index contributed by atoms with van der Waals surface area (Å²) in [7, 11) is 0. The van der Waals surface area contributed by atoms with Crippen molar-refractivity contribution in [2.45, 2.75) is 13.5 Å². The molecule has 1 aromatic carbocycles. The number of carboxylic acids is 1. The molecule has 2 unspecified atom stereocenters. The van der Waals surface area contributed by atoms with Crippen LogP contribution in [0.4, 0.5) is 10.5 Å². The fourth-order valence-corrected chi connectivity index (χ4v) is 5.01. The van der Waals surface area contributed by atoms with Gasteiger partial charge in [0.25, 0.3) is 0 Å². The van der Waals surface area contributed by atoms with Crippen LogP contribution in [0.5, 0.6) is 0 Å². The molecule has 3 fully saturated rings. The van der Waals surface area contributed by atoms with E-state index in [1.165, 1.54) is 29.1 Å². The molecule has 3 saturated heterocycles. The van der Waals surface area contributed by atoms with Crippen LogP contribution in [-0.2, 0) is 11.3 Å². The third-order valence-electron chi connectivity index (χ3n) is 6.86. The van der Waals surface area contributed by atoms with Gasteiger partial charge in [-0.1, -0.05) is 12.1 Å². The lowest BCUT2D eigenvalue weighted by Gasteiger charge is -2.35. The molecular formula is C23H29N5O4. The number of fused-ring (bicyclic) bond motifs is 1. The van der Waals surface area contributed by atoms with Crippen molar-refractivity contribution in [2.75, 3.05) is 57.4 Å². The number of aromatic carboxylic acids is 1. The Kier molecular flexibility index (Phi) is 5.60. The van der Waals surface area contributed by atoms with Crippen molar-refractivity contribution in [2.24, 2.45) is 11.8 Å². The molecule has 0 spiro atoms. The summed E-state index contributed by atoms with van der Waals surface area (Å²) in [6.07, 6.45) is 1.41. The first-order chi connectivity index (χ1) is 15.5. The molecule has 2 aromatic rings. The smallest absolute Gasteiger partial charge is 0.356 e. The predicted molar refractivity (Wildman–Crippen MR) is 118 cm³/mol. The third kappa shape index (κ3) is 4.10. The van der Waals surface area contributed by atoms with E-state index < -0.39 is 5.97 Å². The molecule has 3 aliphatic heterocycles. The monoisotopic (exact) mass is 439 g/mol. The molecule has 9 heteroatoms. The Balaban J connectivity index is 1.22. The van der Waals surface area contributed by atoms with Crippen molar-refractivity contribution in [3.63, 3.8) is 0 Å². The van der Waals surface area contributed by atoms with Crippen LogP contribution >= 0.6 is 0 Å². The van der Waals surface area contributed by atoms with Gasteiger partial charge < -0.3 is 19.6 Å². The molecule has 0 radical (unpaired) electrons. The van der Waals surface area contributed by atoms with Gasteiger partial charge >= 0.3 is 12.0 Å². The second-order valence-electron chi connectivity index (χ2n) is 9.09. The summed E-state index contributed by atoms with van der Waals surface area (Å²) in [5, 5.41) is 12.9. The Morgan fingerprint density at radius 1 is 1.09 bits per heavy atom. The van der Waals surface area contributed by atoms with E-state index in [1.54, 1.807) is 4.90 Å². The first-order valence-electron chi connectivity index (χ1n) is 11.2. The highest BCUT2D eigenvalue weighted by atomic mass is 16.5. The SMILES string of the molecule is Cc1ccc(CN2CCN(C(=O)n3ccc(C(=O)O)n3)CC2)c(N2CC3COCC3C2)c1. The molecule has 9 nitrogen and oxygen atoms in total. The number of nitrogens with zero attached hydrogens (tertiary/aromatic N) is 5. The number of anilines is 1. The number of aromatic nitrogens is 2. The van der Waals surface area contributed by atoms with E-state index >= 15 is 0 Å². The normalized spacial score (nSPS) is 23.5. The van der Waals surface area contributed by atoms with E-state index in [2.05, 4.69) is 40.0 Å². The summed E-state index contributed by atoms with van der Waals surface area (Å²) in [6.45, 7) is 9.59. The van der Waals surface area contributed by atoms with Crippen LogP contribution in [0.25, 0.3) is 0 Å². The summed E-state index contributed by atoms with van der Waals surface area (Å²) in [4.78, 5) is 30.3. The standard InChI is InChI=1S/C23H29N5O4/c1-16-2-3-17(21(10-16)27-12-18-14-32-15-19(18)13-27)11-25-6-8-26(9-7-25)23(31)28-5-4-20(24-28)22(29)30/h2-5,10,18-19H,6-9,11-15H2,1H3,(H,29,30). The predicted octanol–water partition coefficient (Wildman–Crippen LogP) is 1.76. The molecule has 2 atom stereocenters. The first-order valence-corrected chi connectivity index (χ1v) is 11.2. The number of carbonyl (C=O) groups is 2. The average Bonchev–Trinajstić information content (AvgIpc) is 3.51. The van der Waals surface area contributed by atoms with Crippen LogP contribution < -0.4 is 4.90 Å². The van der Waals surface area contributed by atoms with Gasteiger partial charge in [-0.15, -0.1) is 0 Å². The Labute approximate surface area is 187 Å². The number of rotatable bonds is 4. The van der Waals surface area contributed by atoms with Crippen LogP contribution in [-0.4, -0.2) is 89.2 Å². The van der Waals surface area contributed by atoms with Crippen LogP contribution in [0.15, 0.2) is 30.5 Å². The van der Waals surface area contributed by atoms with Crippen LogP contribution in [0.2, 0.25) is 0 Å². The maximum absolute atomic E-state index is 12.7. The second kappa shape index (κ2) is 8.55. The van der Waals surface area contributed by atoms with Crippen molar-refractivity contribution >= 4 is 17.7 Å². The van der Waals surface area contributed by atoms with Crippen molar-refractivity contribution < 1.29 is 19.4 Å². The zero-order valence-corrected chi connectivity index (χ0v) is 18.3. The number of piperazine rings is 1. The Morgan fingerprint density at radius 3 is 2.47 bits per heavy atom. The largest absolute Gasteiger partial charge is 0.476 e. The fourth-order valence-electron chi connectivity index (χ4n) is 5.01. The van der Waals surface area contributed by atoms with Gasteiger partial charge in [0.15, 0.2) is 5.69 Å². The molecule has 3 aliphatic rings. The van der Waals surface area contributed by atoms with Gasteiger partial charge in [0.2, 0.25) is 0 Å². The summed E-state index contributed by atoms with van der Waals surface area (Å²) < 4.78 is 6.76. The number of benzene rings is 1. The lowest BCUT2D eigenvalue weighted by Crippen LogP contribution is -2.49. The quantitative estimate of drug-likeness (QED) is 0.776. The van der Waals surface area contributed by atoms with Crippen molar-refractivity contribution in [3.8, 4) is 0 Å². The molecule has 0 saturated carbocycles. The molecule has 1 aromatic heterocycles. The second-order valence-corrected chi connectivity index (χ2v) is 9.09. The highest BCUT2D eigenvalue weighted by Gasteiger charge is 2.38. The van der Waals surface area contributed by atoms with Gasteiger partial charge in [0.1, 0.15) is 0 Å². The zero-order chi connectivity index (χ0) is 22.2. The van der Waals surface area contributed by atoms with Crippen LogP contribution in [0, 0.1) is 18.8 Å². The lowest BCUT2D eigenvalue weighted by atomic mass is 10.0. The maximum Gasteiger partial charge on any atom is 0.356 e. The van der Waals surface area contributed by atoms with E-state index in [1.807, 2.05) is 0 Å². The Hall–Kier alpha value is -2.91. The van der Waals surface area contributed by atoms with E-state index in [-0.39, 0.29) is 11.7 Å². The molecule has 4 heterocycles. The summed E-state index contributed by atoms with van der Waals surface area (Å²) in [6, 6.07) is 7.78. The van der Waals surface area contributed by atoms with Gasteiger partial charge in [-0.2, -0.15) is 9.78 Å². The maximum atomic E-state index is 12.7. The van der Waals surface area contributed by atoms with E-state index in [0.29, 0.717) is 24.9 Å². The number of hydrogen-bond donors (Lipinski definition) is 1. The van der Waals surface area contributed by atoms with Gasteiger partial charge in [-0.05, 0) is 30.2 Å². The van der Waals surface area contributed by atoms with Gasteiger partial charge in [0.05, 0.1) is 13.2 Å². The molecule has 0 bridgehead atoms. The minimum Gasteiger partial charge on any atom is -0.476 e. The van der Waals surface area contributed by atoms with E-state index in [0.717, 1.165) is 50.6 Å². The number of hydrogen-bond acceptors (Lipinski definition) is 6. The molecule has 1 amide bonds. The minimum absolute atomic E-state index is 0.124.